The van der Waals surface area contributed by atoms with Crippen LogP contribution in [0.3, 0.4) is 0 Å². The summed E-state index contributed by atoms with van der Waals surface area (Å²) in [6, 6.07) is 8.89. The van der Waals surface area contributed by atoms with Gasteiger partial charge in [0.2, 0.25) is 0 Å². The van der Waals surface area contributed by atoms with E-state index in [0.717, 1.165) is 30.8 Å². The number of anilines is 1. The van der Waals surface area contributed by atoms with Crippen LogP contribution in [-0.2, 0) is 22.3 Å². The number of hydrogen-bond acceptors (Lipinski definition) is 5. The molecule has 0 aliphatic carbocycles. The molecule has 0 spiro atoms. The van der Waals surface area contributed by atoms with Crippen molar-refractivity contribution in [3.05, 3.63) is 58.1 Å². The molecular weight excluding hydrogens is 420 g/mol. The Morgan fingerprint density at radius 2 is 1.79 bits per heavy atom. The molecule has 154 valence electrons. The van der Waals surface area contributed by atoms with Gasteiger partial charge in [0.15, 0.2) is 11.0 Å². The summed E-state index contributed by atoms with van der Waals surface area (Å²) < 4.78 is 20.8. The third kappa shape index (κ3) is 5.13. The third-order valence-corrected chi connectivity index (χ3v) is 6.15. The van der Waals surface area contributed by atoms with Gasteiger partial charge in [0.1, 0.15) is 0 Å². The molecule has 0 amide bonds. The first-order valence-electron chi connectivity index (χ1n) is 8.73. The number of hydrogen-bond donors (Lipinski definition) is 3. The van der Waals surface area contributed by atoms with Gasteiger partial charge in [-0.3, -0.25) is 4.90 Å². The van der Waals surface area contributed by atoms with E-state index in [0.29, 0.717) is 29.7 Å². The second-order valence-corrected chi connectivity index (χ2v) is 7.92. The number of carboxylic acids is 2. The van der Waals surface area contributed by atoms with Crippen molar-refractivity contribution in [2.45, 2.75) is 11.4 Å². The van der Waals surface area contributed by atoms with Crippen LogP contribution in [-0.4, -0.2) is 57.6 Å². The smallest absolute Gasteiger partial charge is 0.336 e. The lowest BCUT2D eigenvalue weighted by molar-refractivity contribution is 0.0342. The molecule has 0 radical (unpaired) electrons. The van der Waals surface area contributed by atoms with Crippen molar-refractivity contribution >= 4 is 40.2 Å². The number of nitrogens with zero attached hydrogens (tertiary/aromatic N) is 1. The van der Waals surface area contributed by atoms with E-state index in [1.54, 1.807) is 12.1 Å². The van der Waals surface area contributed by atoms with Crippen molar-refractivity contribution in [2.75, 3.05) is 31.0 Å². The Morgan fingerprint density at radius 3 is 2.45 bits per heavy atom. The fraction of sp³-hybridized carbons (Fsp3) is 0.263. The van der Waals surface area contributed by atoms with Crippen LogP contribution in [0.15, 0.2) is 41.3 Å². The first-order chi connectivity index (χ1) is 13.9. The van der Waals surface area contributed by atoms with Gasteiger partial charge in [-0.05, 0) is 29.8 Å². The zero-order chi connectivity index (χ0) is 21.0. The lowest BCUT2D eigenvalue weighted by Crippen LogP contribution is -2.35. The van der Waals surface area contributed by atoms with Crippen molar-refractivity contribution in [1.82, 2.24) is 4.90 Å². The van der Waals surface area contributed by atoms with Crippen molar-refractivity contribution < 1.29 is 28.7 Å². The minimum absolute atomic E-state index is 0.209. The minimum Gasteiger partial charge on any atom is -0.478 e. The molecule has 1 saturated heterocycles. The van der Waals surface area contributed by atoms with Crippen molar-refractivity contribution in [3.63, 3.8) is 0 Å². The number of benzene rings is 2. The van der Waals surface area contributed by atoms with Crippen LogP contribution in [0.5, 0.6) is 0 Å². The number of halogens is 1. The monoisotopic (exact) mass is 438 g/mol. The normalized spacial score (nSPS) is 15.6. The van der Waals surface area contributed by atoms with E-state index in [4.69, 9.17) is 21.4 Å². The van der Waals surface area contributed by atoms with Crippen molar-refractivity contribution in [2.24, 2.45) is 0 Å². The van der Waals surface area contributed by atoms with Crippen molar-refractivity contribution in [3.8, 4) is 0 Å². The molecule has 10 heteroatoms. The summed E-state index contributed by atoms with van der Waals surface area (Å²) in [7, 11) is -1.77. The molecule has 0 aromatic heterocycles. The van der Waals surface area contributed by atoms with Gasteiger partial charge in [-0.15, -0.1) is 0 Å². The van der Waals surface area contributed by atoms with Crippen LogP contribution in [0.25, 0.3) is 0 Å². The van der Waals surface area contributed by atoms with Crippen LogP contribution < -0.4 is 4.72 Å². The molecule has 3 N–H and O–H groups in total. The van der Waals surface area contributed by atoms with Gasteiger partial charge in [-0.2, -0.15) is 0 Å². The number of nitrogens with one attached hydrogen (secondary N) is 1. The van der Waals surface area contributed by atoms with E-state index in [1.165, 1.54) is 6.07 Å². The van der Waals surface area contributed by atoms with E-state index in [2.05, 4.69) is 9.62 Å². The molecule has 0 bridgehead atoms. The Bertz CT molecular complexity index is 962. The lowest BCUT2D eigenvalue weighted by atomic mass is 10.1. The topological polar surface area (TPSA) is 116 Å². The summed E-state index contributed by atoms with van der Waals surface area (Å²) in [6.45, 7) is 3.49. The Balaban J connectivity index is 1.80. The number of carboxylic acid groups (broad SMARTS) is 2. The highest BCUT2D eigenvalue weighted by molar-refractivity contribution is 7.86. The molecule has 8 nitrogen and oxygen atoms in total. The Hall–Kier alpha value is -2.46. The zero-order valence-corrected chi connectivity index (χ0v) is 16.8. The van der Waals surface area contributed by atoms with E-state index in [9.17, 15) is 18.9 Å². The van der Waals surface area contributed by atoms with Gasteiger partial charge in [0.05, 0.1) is 34.3 Å². The highest BCUT2D eigenvalue weighted by atomic mass is 35.5. The summed E-state index contributed by atoms with van der Waals surface area (Å²) in [5.41, 5.74) is 0.292. The number of ether oxygens (including phenoxy) is 1. The van der Waals surface area contributed by atoms with Gasteiger partial charge in [-0.25, -0.2) is 13.8 Å². The highest BCUT2D eigenvalue weighted by Crippen LogP contribution is 2.27. The average molecular weight is 439 g/mol. The Morgan fingerprint density at radius 1 is 1.10 bits per heavy atom. The maximum absolute atomic E-state index is 12.8. The molecule has 29 heavy (non-hydrogen) atoms. The van der Waals surface area contributed by atoms with Gasteiger partial charge in [0, 0.05) is 25.3 Å². The quantitative estimate of drug-likeness (QED) is 0.608. The van der Waals surface area contributed by atoms with Crippen LogP contribution in [0.4, 0.5) is 5.69 Å². The number of morpholine rings is 1. The SMILES string of the molecule is O=C(O)c1ccc(NS(=O)c2cccc(CN3CCOCC3)c2Cl)cc1C(=O)O. The van der Waals surface area contributed by atoms with Gasteiger partial charge in [0.25, 0.3) is 0 Å². The first-order valence-corrected chi connectivity index (χ1v) is 10.3. The van der Waals surface area contributed by atoms with E-state index in [1.807, 2.05) is 6.07 Å². The largest absolute Gasteiger partial charge is 0.478 e. The van der Waals surface area contributed by atoms with Crippen LogP contribution in [0, 0.1) is 0 Å². The van der Waals surface area contributed by atoms with Gasteiger partial charge >= 0.3 is 11.9 Å². The minimum atomic E-state index is -1.77. The summed E-state index contributed by atoms with van der Waals surface area (Å²) in [4.78, 5) is 25.0. The Kier molecular flexibility index (Phi) is 6.86. The molecule has 1 aliphatic rings. The predicted octanol–water partition coefficient (Wildman–Crippen LogP) is 2.70. The second-order valence-electron chi connectivity index (χ2n) is 6.36. The fourth-order valence-electron chi connectivity index (χ4n) is 2.95. The van der Waals surface area contributed by atoms with E-state index >= 15 is 0 Å². The maximum Gasteiger partial charge on any atom is 0.336 e. The molecule has 2 aromatic rings. The maximum atomic E-state index is 12.8. The highest BCUT2D eigenvalue weighted by Gasteiger charge is 2.19. The molecule has 1 aliphatic heterocycles. The van der Waals surface area contributed by atoms with E-state index in [-0.39, 0.29) is 11.3 Å². The molecular formula is C19H19ClN2O6S. The van der Waals surface area contributed by atoms with Crippen LogP contribution in [0.1, 0.15) is 26.3 Å². The molecule has 2 aromatic carbocycles. The summed E-state index contributed by atoms with van der Waals surface area (Å²) in [6.07, 6.45) is 0. The molecule has 1 unspecified atom stereocenters. The molecule has 1 fully saturated rings. The molecule has 1 atom stereocenters. The fourth-order valence-corrected chi connectivity index (χ4v) is 4.30. The molecule has 1 heterocycles. The lowest BCUT2D eigenvalue weighted by Gasteiger charge is -2.27. The molecule has 0 saturated carbocycles. The average Bonchev–Trinajstić information content (AvgIpc) is 2.70. The summed E-state index contributed by atoms with van der Waals surface area (Å²) in [5, 5.41) is 18.7. The van der Waals surface area contributed by atoms with Crippen LogP contribution in [0.2, 0.25) is 5.02 Å². The number of carbonyl (C=O) groups is 2. The van der Waals surface area contributed by atoms with E-state index < -0.39 is 28.5 Å². The Labute approximate surface area is 174 Å². The van der Waals surface area contributed by atoms with Crippen molar-refractivity contribution in [1.29, 1.82) is 0 Å². The standard InChI is InChI=1S/C19H19ClN2O6S/c20-17-12(11-22-6-8-28-9-7-22)2-1-3-16(17)29(27)21-13-4-5-14(18(23)24)15(10-13)19(25)26/h1-5,10,21H,6-9,11H2,(H,23,24)(H,25,26). The number of rotatable bonds is 7. The summed E-state index contributed by atoms with van der Waals surface area (Å²) in [5.74, 6) is -2.74. The second kappa shape index (κ2) is 9.36. The summed E-state index contributed by atoms with van der Waals surface area (Å²) >= 11 is 6.47. The third-order valence-electron chi connectivity index (χ3n) is 4.43. The first kappa shape index (κ1) is 21.3. The predicted molar refractivity (Wildman–Crippen MR) is 108 cm³/mol. The van der Waals surface area contributed by atoms with Gasteiger partial charge in [-0.1, -0.05) is 23.7 Å². The molecule has 3 rings (SSSR count). The zero-order valence-electron chi connectivity index (χ0n) is 15.3. The van der Waals surface area contributed by atoms with Crippen LogP contribution >= 0.6 is 11.6 Å². The number of aromatic carboxylic acids is 2. The van der Waals surface area contributed by atoms with Gasteiger partial charge < -0.3 is 19.7 Å².